The maximum Gasteiger partial charge on any atom is 0.174 e. The van der Waals surface area contributed by atoms with Crippen molar-refractivity contribution >= 4 is 5.78 Å². The van der Waals surface area contributed by atoms with Crippen LogP contribution in [0, 0.1) is 6.42 Å². The van der Waals surface area contributed by atoms with E-state index in [0.29, 0.717) is 0 Å². The van der Waals surface area contributed by atoms with E-state index < -0.39 is 0 Å². The van der Waals surface area contributed by atoms with Crippen molar-refractivity contribution in [1.82, 2.24) is 0 Å². The topological polar surface area (TPSA) is 17.1 Å². The summed E-state index contributed by atoms with van der Waals surface area (Å²) in [4.78, 5) is 12.4. The zero-order valence-corrected chi connectivity index (χ0v) is 12.2. The highest BCUT2D eigenvalue weighted by atomic mass is 16.1. The number of Topliss-reactive ketones (excluding diaryl/α,β-unsaturated/α-hetero) is 1. The number of benzene rings is 1. The fourth-order valence-electron chi connectivity index (χ4n) is 2.27. The highest BCUT2D eigenvalue weighted by Crippen LogP contribution is 2.23. The van der Waals surface area contributed by atoms with Crippen molar-refractivity contribution in [2.75, 3.05) is 0 Å². The number of hydrogen-bond donors (Lipinski definition) is 0. The van der Waals surface area contributed by atoms with Crippen LogP contribution in [0.2, 0.25) is 0 Å². The lowest BCUT2D eigenvalue weighted by Crippen LogP contribution is -2.05. The van der Waals surface area contributed by atoms with Crippen LogP contribution in [0.25, 0.3) is 0 Å². The summed E-state index contributed by atoms with van der Waals surface area (Å²) in [5, 5.41) is 0. The molecular weight excluding hydrogens is 244 g/mol. The fourth-order valence-corrected chi connectivity index (χ4v) is 2.27. The number of carbonyl (C=O) groups excluding carboxylic acids is 1. The van der Waals surface area contributed by atoms with E-state index in [2.05, 4.69) is 20.3 Å². The summed E-state index contributed by atoms with van der Waals surface area (Å²) in [6, 6.07) is 9.45. The first kappa shape index (κ1) is 14.4. The smallest absolute Gasteiger partial charge is 0.174 e. The highest BCUT2D eigenvalue weighted by molar-refractivity contribution is 6.11. The second kappa shape index (κ2) is 6.95. The Kier molecular flexibility index (Phi) is 5.00. The van der Waals surface area contributed by atoms with Crippen molar-refractivity contribution < 1.29 is 4.79 Å². The zero-order valence-electron chi connectivity index (χ0n) is 12.2. The van der Waals surface area contributed by atoms with Crippen LogP contribution in [0.15, 0.2) is 65.3 Å². The molecule has 2 rings (SSSR count). The lowest BCUT2D eigenvalue weighted by Gasteiger charge is -2.20. The quantitative estimate of drug-likeness (QED) is 0.536. The van der Waals surface area contributed by atoms with Gasteiger partial charge in [0.2, 0.25) is 0 Å². The second-order valence-electron chi connectivity index (χ2n) is 5.16. The Morgan fingerprint density at radius 1 is 1.20 bits per heavy atom. The van der Waals surface area contributed by atoms with Crippen LogP contribution in [0.3, 0.4) is 0 Å². The Hall–Kier alpha value is -2.02. The number of allylic oxidation sites excluding steroid dienone is 6. The van der Waals surface area contributed by atoms with Gasteiger partial charge in [-0.3, -0.25) is 4.79 Å². The summed E-state index contributed by atoms with van der Waals surface area (Å²) in [7, 11) is 0. The van der Waals surface area contributed by atoms with Gasteiger partial charge in [0.05, 0.1) is 0 Å². The number of rotatable bonds is 5. The zero-order chi connectivity index (χ0) is 14.4. The molecule has 0 unspecified atom stereocenters. The first-order chi connectivity index (χ1) is 9.72. The Morgan fingerprint density at radius 3 is 2.65 bits per heavy atom. The SMILES string of the molecule is CCCC/C(C)=C1/C=C(C(=O)c2ccccc2)C=C[CH-]1. The fraction of sp³-hybridized carbons (Fsp3) is 0.263. The van der Waals surface area contributed by atoms with Crippen molar-refractivity contribution in [3.05, 3.63) is 77.3 Å². The molecular formula is C19H21O-. The van der Waals surface area contributed by atoms with Gasteiger partial charge in [-0.1, -0.05) is 69.0 Å². The molecule has 0 aliphatic heterocycles. The van der Waals surface area contributed by atoms with Crippen LogP contribution in [-0.4, -0.2) is 5.78 Å². The number of carbonyl (C=O) groups is 1. The van der Waals surface area contributed by atoms with Gasteiger partial charge in [0.1, 0.15) is 0 Å². The van der Waals surface area contributed by atoms with E-state index in [1.807, 2.05) is 48.6 Å². The van der Waals surface area contributed by atoms with Gasteiger partial charge in [-0.05, 0) is 0 Å². The molecule has 0 aromatic heterocycles. The summed E-state index contributed by atoms with van der Waals surface area (Å²) in [6.07, 6.45) is 11.5. The molecule has 0 fully saturated rings. The molecule has 1 aromatic rings. The second-order valence-corrected chi connectivity index (χ2v) is 5.16. The van der Waals surface area contributed by atoms with E-state index in [1.165, 1.54) is 24.0 Å². The van der Waals surface area contributed by atoms with E-state index in [-0.39, 0.29) is 5.78 Å². The first-order valence-electron chi connectivity index (χ1n) is 7.25. The van der Waals surface area contributed by atoms with Crippen LogP contribution in [0.4, 0.5) is 0 Å². The van der Waals surface area contributed by atoms with Crippen molar-refractivity contribution in [1.29, 1.82) is 0 Å². The lowest BCUT2D eigenvalue weighted by atomic mass is 9.92. The maximum atomic E-state index is 12.4. The summed E-state index contributed by atoms with van der Waals surface area (Å²) in [5.41, 5.74) is 4.05. The van der Waals surface area contributed by atoms with Crippen LogP contribution in [0.1, 0.15) is 43.5 Å². The molecule has 104 valence electrons. The molecule has 0 N–H and O–H groups in total. The molecule has 0 heterocycles. The van der Waals surface area contributed by atoms with Crippen LogP contribution < -0.4 is 0 Å². The first-order valence-corrected chi connectivity index (χ1v) is 7.25. The van der Waals surface area contributed by atoms with E-state index in [0.717, 1.165) is 17.6 Å². The number of unbranched alkanes of at least 4 members (excludes halogenated alkanes) is 1. The van der Waals surface area contributed by atoms with Gasteiger partial charge in [-0.25, -0.2) is 0 Å². The molecule has 1 heteroatoms. The van der Waals surface area contributed by atoms with Gasteiger partial charge in [0.25, 0.3) is 0 Å². The summed E-state index contributed by atoms with van der Waals surface area (Å²) < 4.78 is 0. The van der Waals surface area contributed by atoms with Gasteiger partial charge >= 0.3 is 0 Å². The van der Waals surface area contributed by atoms with E-state index in [1.54, 1.807) is 0 Å². The Labute approximate surface area is 121 Å². The predicted molar refractivity (Wildman–Crippen MR) is 84.5 cm³/mol. The van der Waals surface area contributed by atoms with E-state index >= 15 is 0 Å². The van der Waals surface area contributed by atoms with Crippen molar-refractivity contribution in [2.45, 2.75) is 33.1 Å². The minimum atomic E-state index is 0.0933. The molecule has 1 aliphatic carbocycles. The van der Waals surface area contributed by atoms with Crippen LogP contribution >= 0.6 is 0 Å². The maximum absolute atomic E-state index is 12.4. The highest BCUT2D eigenvalue weighted by Gasteiger charge is 2.08. The Balaban J connectivity index is 2.22. The molecule has 0 saturated heterocycles. The molecule has 0 spiro atoms. The number of hydrogen-bond acceptors (Lipinski definition) is 1. The summed E-state index contributed by atoms with van der Waals surface area (Å²) in [5.74, 6) is 0.0933. The molecule has 0 radical (unpaired) electrons. The molecule has 1 nitrogen and oxygen atoms in total. The molecule has 0 atom stereocenters. The van der Waals surface area contributed by atoms with Gasteiger partial charge in [0, 0.05) is 5.56 Å². The predicted octanol–water partition coefficient (Wildman–Crippen LogP) is 5.08. The monoisotopic (exact) mass is 265 g/mol. The third-order valence-corrected chi connectivity index (χ3v) is 3.56. The molecule has 0 bridgehead atoms. The molecule has 1 aromatic carbocycles. The molecule has 0 saturated carbocycles. The molecule has 0 amide bonds. The van der Waals surface area contributed by atoms with Crippen molar-refractivity contribution in [2.24, 2.45) is 0 Å². The van der Waals surface area contributed by atoms with E-state index in [9.17, 15) is 4.79 Å². The normalized spacial score (nSPS) is 16.4. The van der Waals surface area contributed by atoms with Gasteiger partial charge in [-0.2, -0.15) is 0 Å². The average Bonchev–Trinajstić information content (AvgIpc) is 2.52. The Bertz CT molecular complexity index is 559. The van der Waals surface area contributed by atoms with Gasteiger partial charge in [0.15, 0.2) is 5.78 Å². The van der Waals surface area contributed by atoms with Crippen molar-refractivity contribution in [3.63, 3.8) is 0 Å². The van der Waals surface area contributed by atoms with Crippen LogP contribution in [0.5, 0.6) is 0 Å². The molecule has 20 heavy (non-hydrogen) atoms. The summed E-state index contributed by atoms with van der Waals surface area (Å²) >= 11 is 0. The minimum absolute atomic E-state index is 0.0933. The van der Waals surface area contributed by atoms with E-state index in [4.69, 9.17) is 0 Å². The number of ketones is 1. The average molecular weight is 265 g/mol. The minimum Gasteiger partial charge on any atom is -0.290 e. The largest absolute Gasteiger partial charge is 0.290 e. The lowest BCUT2D eigenvalue weighted by molar-refractivity contribution is 0.103. The van der Waals surface area contributed by atoms with Crippen LogP contribution in [-0.2, 0) is 0 Å². The Morgan fingerprint density at radius 2 is 1.95 bits per heavy atom. The third kappa shape index (κ3) is 3.51. The summed E-state index contributed by atoms with van der Waals surface area (Å²) in [6.45, 7) is 4.35. The van der Waals surface area contributed by atoms with Gasteiger partial charge in [-0.15, -0.1) is 35.8 Å². The molecule has 1 aliphatic rings. The standard InChI is InChI=1S/C19H21O/c1-3-4-9-15(2)17-12-8-13-18(14-17)19(20)16-10-6-5-7-11-16/h5-8,10-14H,3-4,9H2,1-2H3/q-1/b17-15+. The van der Waals surface area contributed by atoms with Crippen molar-refractivity contribution in [3.8, 4) is 0 Å². The van der Waals surface area contributed by atoms with Gasteiger partial charge < -0.3 is 0 Å². The third-order valence-electron chi connectivity index (χ3n) is 3.56.